The van der Waals surface area contributed by atoms with E-state index >= 15 is 0 Å². The number of benzene rings is 3. The number of fused-ring (bicyclic) bond motifs is 3. The number of rotatable bonds is 8. The molecule has 1 saturated carbocycles. The van der Waals surface area contributed by atoms with E-state index in [0.717, 1.165) is 50.9 Å². The fraction of sp³-hybridized carbons (Fsp3) is 0.429. The second kappa shape index (κ2) is 10.9. The van der Waals surface area contributed by atoms with Crippen molar-refractivity contribution >= 4 is 11.8 Å². The second-order valence-electron chi connectivity index (χ2n) is 12.3. The topological polar surface area (TPSA) is 49.9 Å². The third-order valence-electron chi connectivity index (χ3n) is 9.44. The van der Waals surface area contributed by atoms with Crippen LogP contribution < -0.4 is 4.74 Å². The van der Waals surface area contributed by atoms with Crippen molar-refractivity contribution in [3.8, 4) is 5.75 Å². The maximum Gasteiger partial charge on any atom is 0.261 e. The average Bonchev–Trinajstić information content (AvgIpc) is 3.21. The third kappa shape index (κ3) is 4.85. The maximum atomic E-state index is 13.6. The molecule has 4 atom stereocenters. The SMILES string of the molecule is CC(C)Oc1cccc([C@]23C[C@H](C[C@H](N4C(=O)c5ccccc5C4=O)C2)N(CCCc2ccccc2)C[C@H]3C)c1. The lowest BCUT2D eigenvalue weighted by molar-refractivity contribution is -0.0215. The summed E-state index contributed by atoms with van der Waals surface area (Å²) in [6.45, 7) is 8.50. The van der Waals surface area contributed by atoms with Crippen LogP contribution in [0.2, 0.25) is 0 Å². The van der Waals surface area contributed by atoms with Gasteiger partial charge in [0, 0.05) is 24.0 Å². The highest BCUT2D eigenvalue weighted by Crippen LogP contribution is 2.52. The monoisotopic (exact) mass is 536 g/mol. The highest BCUT2D eigenvalue weighted by Gasteiger charge is 2.54. The van der Waals surface area contributed by atoms with Crippen LogP contribution in [0.4, 0.5) is 0 Å². The Kier molecular flexibility index (Phi) is 7.26. The van der Waals surface area contributed by atoms with Gasteiger partial charge in [0.1, 0.15) is 5.75 Å². The van der Waals surface area contributed by atoms with Gasteiger partial charge in [-0.2, -0.15) is 0 Å². The molecule has 5 heteroatoms. The molecule has 2 heterocycles. The lowest BCUT2D eigenvalue weighted by atomic mass is 9.57. The van der Waals surface area contributed by atoms with E-state index in [0.29, 0.717) is 23.1 Å². The molecule has 208 valence electrons. The smallest absolute Gasteiger partial charge is 0.261 e. The van der Waals surface area contributed by atoms with E-state index in [9.17, 15) is 9.59 Å². The molecular weight excluding hydrogens is 496 g/mol. The Labute approximate surface area is 238 Å². The number of hydrogen-bond acceptors (Lipinski definition) is 4. The summed E-state index contributed by atoms with van der Waals surface area (Å²) in [7, 11) is 0. The highest BCUT2D eigenvalue weighted by atomic mass is 16.5. The van der Waals surface area contributed by atoms with E-state index in [4.69, 9.17) is 4.74 Å². The molecule has 0 N–H and O–H groups in total. The summed E-state index contributed by atoms with van der Waals surface area (Å²) in [4.78, 5) is 31.5. The van der Waals surface area contributed by atoms with Gasteiger partial charge in [0.15, 0.2) is 0 Å². The molecule has 3 aromatic rings. The van der Waals surface area contributed by atoms with Crippen LogP contribution in [0.1, 0.15) is 78.3 Å². The third-order valence-corrected chi connectivity index (χ3v) is 9.44. The van der Waals surface area contributed by atoms with Crippen molar-refractivity contribution in [2.24, 2.45) is 5.92 Å². The van der Waals surface area contributed by atoms with Crippen molar-refractivity contribution in [1.29, 1.82) is 0 Å². The fourth-order valence-electron chi connectivity index (χ4n) is 7.57. The minimum Gasteiger partial charge on any atom is -0.491 e. The number of nitrogens with zero attached hydrogens (tertiary/aromatic N) is 2. The number of aryl methyl sites for hydroxylation is 1. The van der Waals surface area contributed by atoms with Gasteiger partial charge in [-0.15, -0.1) is 0 Å². The van der Waals surface area contributed by atoms with E-state index in [1.807, 2.05) is 18.2 Å². The molecule has 2 aliphatic heterocycles. The molecule has 3 aliphatic rings. The van der Waals surface area contributed by atoms with E-state index in [1.165, 1.54) is 11.1 Å². The molecule has 0 radical (unpaired) electrons. The van der Waals surface area contributed by atoms with Gasteiger partial charge in [0.05, 0.1) is 17.2 Å². The van der Waals surface area contributed by atoms with Crippen LogP contribution in [0.15, 0.2) is 78.9 Å². The molecule has 40 heavy (non-hydrogen) atoms. The zero-order valence-corrected chi connectivity index (χ0v) is 23.9. The van der Waals surface area contributed by atoms with Gasteiger partial charge < -0.3 is 4.74 Å². The van der Waals surface area contributed by atoms with Gasteiger partial charge in [0.2, 0.25) is 0 Å². The van der Waals surface area contributed by atoms with E-state index < -0.39 is 0 Å². The molecular formula is C35H40N2O3. The Morgan fingerprint density at radius 2 is 1.55 bits per heavy atom. The van der Waals surface area contributed by atoms with Crippen LogP contribution in [0, 0.1) is 5.92 Å². The summed E-state index contributed by atoms with van der Waals surface area (Å²) < 4.78 is 6.11. The predicted molar refractivity (Wildman–Crippen MR) is 158 cm³/mol. The predicted octanol–water partition coefficient (Wildman–Crippen LogP) is 6.51. The summed E-state index contributed by atoms with van der Waals surface area (Å²) in [5.41, 5.74) is 3.59. The quantitative estimate of drug-likeness (QED) is 0.308. The molecule has 1 aliphatic carbocycles. The Bertz CT molecular complexity index is 1350. The van der Waals surface area contributed by atoms with Crippen molar-refractivity contribution in [2.45, 2.75) is 76.5 Å². The lowest BCUT2D eigenvalue weighted by Gasteiger charge is -2.57. The van der Waals surface area contributed by atoms with Crippen molar-refractivity contribution in [3.05, 3.63) is 101 Å². The first-order valence-electron chi connectivity index (χ1n) is 14.9. The van der Waals surface area contributed by atoms with Crippen LogP contribution in [-0.4, -0.2) is 52.9 Å². The summed E-state index contributed by atoms with van der Waals surface area (Å²) >= 11 is 0. The number of hydrogen-bond donors (Lipinski definition) is 0. The van der Waals surface area contributed by atoms with Gasteiger partial charge in [-0.25, -0.2) is 0 Å². The summed E-state index contributed by atoms with van der Waals surface area (Å²) in [6, 6.07) is 26.7. The molecule has 0 aromatic heterocycles. The zero-order chi connectivity index (χ0) is 27.9. The minimum absolute atomic E-state index is 0.0989. The number of carbonyl (C=O) groups is 2. The summed E-state index contributed by atoms with van der Waals surface area (Å²) in [6.07, 6.45) is 4.90. The van der Waals surface area contributed by atoms with Gasteiger partial charge in [-0.05, 0) is 93.8 Å². The van der Waals surface area contributed by atoms with Crippen LogP contribution in [-0.2, 0) is 11.8 Å². The number of carbonyl (C=O) groups excluding carboxylic acids is 2. The number of piperidine rings is 1. The molecule has 2 bridgehead atoms. The van der Waals surface area contributed by atoms with Gasteiger partial charge in [-0.3, -0.25) is 19.4 Å². The highest BCUT2D eigenvalue weighted by molar-refractivity contribution is 6.21. The summed E-state index contributed by atoms with van der Waals surface area (Å²) in [5, 5.41) is 0. The molecule has 0 spiro atoms. The van der Waals surface area contributed by atoms with Gasteiger partial charge in [0.25, 0.3) is 11.8 Å². The Balaban J connectivity index is 1.31. The van der Waals surface area contributed by atoms with Crippen LogP contribution in [0.3, 0.4) is 0 Å². The first-order valence-corrected chi connectivity index (χ1v) is 14.9. The van der Waals surface area contributed by atoms with Crippen LogP contribution in [0.5, 0.6) is 5.75 Å². The second-order valence-corrected chi connectivity index (χ2v) is 12.3. The first kappa shape index (κ1) is 26.8. The van der Waals surface area contributed by atoms with Gasteiger partial charge >= 0.3 is 0 Å². The fourth-order valence-corrected chi connectivity index (χ4v) is 7.57. The largest absolute Gasteiger partial charge is 0.491 e. The Hall–Kier alpha value is -3.44. The lowest BCUT2D eigenvalue weighted by Crippen LogP contribution is -2.62. The van der Waals surface area contributed by atoms with Crippen LogP contribution >= 0.6 is 0 Å². The first-order chi connectivity index (χ1) is 19.4. The van der Waals surface area contributed by atoms with E-state index in [-0.39, 0.29) is 29.4 Å². The van der Waals surface area contributed by atoms with Crippen molar-refractivity contribution < 1.29 is 14.3 Å². The number of imide groups is 1. The number of likely N-dealkylation sites (tertiary alicyclic amines) is 1. The standard InChI is InChI=1S/C35H40N2O3/c1-24(2)40-30-15-9-14-27(19-30)35-21-28(36(23-25(35)3)18-10-13-26-11-5-4-6-12-26)20-29(22-35)37-33(38)31-16-7-8-17-32(31)34(37)39/h4-9,11-12,14-17,19,24-25,28-29H,10,13,18,20-23H2,1-3H3/t25-,28+,29+,35-/m1/s1. The molecule has 0 unspecified atom stereocenters. The number of ether oxygens (including phenoxy) is 1. The van der Waals surface area contributed by atoms with Crippen molar-refractivity contribution in [3.63, 3.8) is 0 Å². The van der Waals surface area contributed by atoms with Crippen LogP contribution in [0.25, 0.3) is 0 Å². The molecule has 5 nitrogen and oxygen atoms in total. The molecule has 2 amide bonds. The molecule has 1 saturated heterocycles. The molecule has 6 rings (SSSR count). The average molecular weight is 537 g/mol. The van der Waals surface area contributed by atoms with E-state index in [1.54, 1.807) is 17.0 Å². The normalized spacial score (nSPS) is 26.3. The number of amides is 2. The molecule has 3 aromatic carbocycles. The van der Waals surface area contributed by atoms with Crippen molar-refractivity contribution in [1.82, 2.24) is 9.80 Å². The minimum atomic E-state index is -0.139. The van der Waals surface area contributed by atoms with Gasteiger partial charge in [-0.1, -0.05) is 61.5 Å². The Morgan fingerprint density at radius 1 is 0.875 bits per heavy atom. The summed E-state index contributed by atoms with van der Waals surface area (Å²) in [5.74, 6) is 0.980. The maximum absolute atomic E-state index is 13.6. The zero-order valence-electron chi connectivity index (χ0n) is 23.9. The Morgan fingerprint density at radius 3 is 2.25 bits per heavy atom. The molecule has 2 fully saturated rings. The van der Waals surface area contributed by atoms with Crippen molar-refractivity contribution in [2.75, 3.05) is 13.1 Å². The van der Waals surface area contributed by atoms with E-state index in [2.05, 4.69) is 74.2 Å².